The van der Waals surface area contributed by atoms with Crippen molar-refractivity contribution >= 4 is 21.9 Å². The van der Waals surface area contributed by atoms with Gasteiger partial charge in [0, 0.05) is 16.8 Å². The third kappa shape index (κ3) is 1.47. The monoisotopic (exact) mass is 229 g/mol. The number of hydrogen-bond donors (Lipinski definition) is 1. The molecule has 0 amide bonds. The predicted molar refractivity (Wildman–Crippen MR) is 64.5 cm³/mol. The van der Waals surface area contributed by atoms with E-state index < -0.39 is 0 Å². The van der Waals surface area contributed by atoms with E-state index in [1.165, 1.54) is 0 Å². The number of hydrogen-bond acceptors (Lipinski definition) is 4. The smallest absolute Gasteiger partial charge is 0.213 e. The number of ether oxygens (including phenoxy) is 2. The van der Waals surface area contributed by atoms with Gasteiger partial charge in [0.05, 0.1) is 32.1 Å². The Labute approximate surface area is 97.4 Å². The van der Waals surface area contributed by atoms with Crippen LogP contribution < -0.4 is 9.47 Å². The summed E-state index contributed by atoms with van der Waals surface area (Å²) in [6.45, 7) is 0. The van der Waals surface area contributed by atoms with Crippen LogP contribution in [0.5, 0.6) is 11.6 Å². The molecule has 3 rings (SSSR count). The van der Waals surface area contributed by atoms with Crippen LogP contribution in [0.1, 0.15) is 0 Å². The maximum absolute atomic E-state index is 5.17. The SMILES string of the molecule is COc1cnc2[nH]c3cnc(OC)cc3c2c1. The van der Waals surface area contributed by atoms with Crippen molar-refractivity contribution < 1.29 is 9.47 Å². The molecule has 0 aliphatic heterocycles. The highest BCUT2D eigenvalue weighted by Crippen LogP contribution is 2.28. The van der Waals surface area contributed by atoms with Gasteiger partial charge in [0.15, 0.2) is 0 Å². The van der Waals surface area contributed by atoms with Crippen LogP contribution in [0, 0.1) is 0 Å². The lowest BCUT2D eigenvalue weighted by Crippen LogP contribution is -1.85. The van der Waals surface area contributed by atoms with E-state index in [9.17, 15) is 0 Å². The number of nitrogens with zero attached hydrogens (tertiary/aromatic N) is 2. The van der Waals surface area contributed by atoms with Gasteiger partial charge in [-0.2, -0.15) is 0 Å². The zero-order chi connectivity index (χ0) is 11.8. The highest BCUT2D eigenvalue weighted by molar-refractivity contribution is 6.06. The van der Waals surface area contributed by atoms with Gasteiger partial charge in [0.1, 0.15) is 11.4 Å². The van der Waals surface area contributed by atoms with Gasteiger partial charge in [0.25, 0.3) is 0 Å². The van der Waals surface area contributed by atoms with Crippen molar-refractivity contribution in [1.29, 1.82) is 0 Å². The van der Waals surface area contributed by atoms with Crippen molar-refractivity contribution in [3.63, 3.8) is 0 Å². The number of aromatic nitrogens is 3. The Hall–Kier alpha value is -2.30. The highest BCUT2D eigenvalue weighted by Gasteiger charge is 2.08. The highest BCUT2D eigenvalue weighted by atomic mass is 16.5. The van der Waals surface area contributed by atoms with Gasteiger partial charge in [0.2, 0.25) is 5.88 Å². The summed E-state index contributed by atoms with van der Waals surface area (Å²) in [6, 6.07) is 3.83. The van der Waals surface area contributed by atoms with Crippen molar-refractivity contribution in [3.8, 4) is 11.6 Å². The third-order valence-electron chi connectivity index (χ3n) is 2.73. The molecule has 0 spiro atoms. The van der Waals surface area contributed by atoms with Gasteiger partial charge in [-0.05, 0) is 6.07 Å². The molecule has 0 radical (unpaired) electrons. The molecule has 0 aromatic carbocycles. The van der Waals surface area contributed by atoms with Gasteiger partial charge in [-0.25, -0.2) is 9.97 Å². The van der Waals surface area contributed by atoms with Crippen molar-refractivity contribution in [3.05, 3.63) is 24.5 Å². The van der Waals surface area contributed by atoms with Crippen LogP contribution in [-0.2, 0) is 0 Å². The van der Waals surface area contributed by atoms with E-state index in [-0.39, 0.29) is 0 Å². The molecular formula is C12H11N3O2. The van der Waals surface area contributed by atoms with E-state index in [4.69, 9.17) is 9.47 Å². The minimum Gasteiger partial charge on any atom is -0.495 e. The molecule has 1 N–H and O–H groups in total. The Kier molecular flexibility index (Phi) is 2.11. The van der Waals surface area contributed by atoms with Crippen LogP contribution >= 0.6 is 0 Å². The van der Waals surface area contributed by atoms with Crippen LogP contribution in [0.4, 0.5) is 0 Å². The number of fused-ring (bicyclic) bond motifs is 3. The second-order valence-electron chi connectivity index (χ2n) is 3.67. The number of pyridine rings is 2. The van der Waals surface area contributed by atoms with E-state index in [2.05, 4.69) is 15.0 Å². The maximum atomic E-state index is 5.17. The lowest BCUT2D eigenvalue weighted by molar-refractivity contribution is 0.399. The first-order chi connectivity index (χ1) is 8.31. The van der Waals surface area contributed by atoms with Gasteiger partial charge >= 0.3 is 0 Å². The van der Waals surface area contributed by atoms with Crippen molar-refractivity contribution in [1.82, 2.24) is 15.0 Å². The van der Waals surface area contributed by atoms with Crippen molar-refractivity contribution in [2.24, 2.45) is 0 Å². The van der Waals surface area contributed by atoms with E-state index in [0.29, 0.717) is 5.88 Å². The zero-order valence-electron chi connectivity index (χ0n) is 9.52. The molecule has 5 heteroatoms. The number of nitrogens with one attached hydrogen (secondary N) is 1. The fraction of sp³-hybridized carbons (Fsp3) is 0.167. The Morgan fingerprint density at radius 2 is 1.88 bits per heavy atom. The van der Waals surface area contributed by atoms with Crippen LogP contribution in [0.25, 0.3) is 21.9 Å². The number of rotatable bonds is 2. The quantitative estimate of drug-likeness (QED) is 0.731. The minimum absolute atomic E-state index is 0.584. The molecule has 0 aliphatic rings. The molecule has 0 bridgehead atoms. The number of aromatic amines is 1. The summed E-state index contributed by atoms with van der Waals surface area (Å²) in [5, 5.41) is 2.03. The third-order valence-corrected chi connectivity index (χ3v) is 2.73. The van der Waals surface area contributed by atoms with E-state index >= 15 is 0 Å². The molecule has 0 aliphatic carbocycles. The molecule has 17 heavy (non-hydrogen) atoms. The topological polar surface area (TPSA) is 60.0 Å². The lowest BCUT2D eigenvalue weighted by atomic mass is 10.2. The first-order valence-electron chi connectivity index (χ1n) is 5.17. The second-order valence-corrected chi connectivity index (χ2v) is 3.67. The summed E-state index contributed by atoms with van der Waals surface area (Å²) in [7, 11) is 3.22. The fourth-order valence-corrected chi connectivity index (χ4v) is 1.86. The van der Waals surface area contributed by atoms with E-state index in [1.807, 2.05) is 12.1 Å². The van der Waals surface area contributed by atoms with E-state index in [1.54, 1.807) is 26.6 Å². The number of methoxy groups -OCH3 is 2. The summed E-state index contributed by atoms with van der Waals surface area (Å²) in [4.78, 5) is 11.6. The normalized spacial score (nSPS) is 10.9. The standard InChI is InChI=1S/C12H11N3O2/c1-16-7-3-9-8-4-11(17-2)13-6-10(8)15-12(9)14-5-7/h3-6H,1-2H3,(H,14,15). The van der Waals surface area contributed by atoms with Crippen molar-refractivity contribution in [2.75, 3.05) is 14.2 Å². The molecule has 0 saturated heterocycles. The predicted octanol–water partition coefficient (Wildman–Crippen LogP) is 2.13. The van der Waals surface area contributed by atoms with Crippen LogP contribution in [0.3, 0.4) is 0 Å². The molecular weight excluding hydrogens is 218 g/mol. The summed E-state index contributed by atoms with van der Waals surface area (Å²) >= 11 is 0. The number of H-pyrrole nitrogens is 1. The van der Waals surface area contributed by atoms with E-state index in [0.717, 1.165) is 27.7 Å². The minimum atomic E-state index is 0.584. The summed E-state index contributed by atoms with van der Waals surface area (Å²) in [5.74, 6) is 1.32. The molecule has 0 fully saturated rings. The molecule has 3 heterocycles. The molecule has 0 saturated carbocycles. The zero-order valence-corrected chi connectivity index (χ0v) is 9.52. The van der Waals surface area contributed by atoms with Crippen LogP contribution in [0.2, 0.25) is 0 Å². The van der Waals surface area contributed by atoms with Crippen molar-refractivity contribution in [2.45, 2.75) is 0 Å². The molecule has 86 valence electrons. The molecule has 5 nitrogen and oxygen atoms in total. The summed E-state index contributed by atoms with van der Waals surface area (Å²) in [6.07, 6.45) is 3.42. The molecule has 0 atom stereocenters. The van der Waals surface area contributed by atoms with Gasteiger partial charge in [-0.1, -0.05) is 0 Å². The fourth-order valence-electron chi connectivity index (χ4n) is 1.86. The maximum Gasteiger partial charge on any atom is 0.213 e. The second kappa shape index (κ2) is 3.62. The van der Waals surface area contributed by atoms with Gasteiger partial charge in [-0.15, -0.1) is 0 Å². The van der Waals surface area contributed by atoms with Gasteiger partial charge < -0.3 is 14.5 Å². The average Bonchev–Trinajstić information content (AvgIpc) is 2.75. The summed E-state index contributed by atoms with van der Waals surface area (Å²) < 4.78 is 10.3. The van der Waals surface area contributed by atoms with Crippen LogP contribution in [0.15, 0.2) is 24.5 Å². The first-order valence-corrected chi connectivity index (χ1v) is 5.17. The Bertz CT molecular complexity index is 632. The Morgan fingerprint density at radius 1 is 1.00 bits per heavy atom. The summed E-state index contributed by atoms with van der Waals surface area (Å²) in [5.41, 5.74) is 1.75. The molecule has 0 unspecified atom stereocenters. The average molecular weight is 229 g/mol. The molecule has 3 aromatic rings. The Morgan fingerprint density at radius 3 is 2.65 bits per heavy atom. The lowest BCUT2D eigenvalue weighted by Gasteiger charge is -1.99. The molecule has 3 aromatic heterocycles. The first kappa shape index (κ1) is 9.89. The largest absolute Gasteiger partial charge is 0.495 e. The van der Waals surface area contributed by atoms with Crippen LogP contribution in [-0.4, -0.2) is 29.2 Å². The van der Waals surface area contributed by atoms with Gasteiger partial charge in [-0.3, -0.25) is 0 Å². The Balaban J connectivity index is 2.37.